The first-order chi connectivity index (χ1) is 7.84. The van der Waals surface area contributed by atoms with Crippen molar-refractivity contribution in [2.75, 3.05) is 29.6 Å². The molecule has 0 aliphatic carbocycles. The molecule has 0 spiro atoms. The van der Waals surface area contributed by atoms with E-state index in [0.29, 0.717) is 18.5 Å². The highest BCUT2D eigenvalue weighted by molar-refractivity contribution is 7.99. The molecular formula is C11H20N2OS2. The van der Waals surface area contributed by atoms with Crippen LogP contribution in [0.3, 0.4) is 0 Å². The molecule has 0 aromatic heterocycles. The lowest BCUT2D eigenvalue weighted by Crippen LogP contribution is -2.44. The summed E-state index contributed by atoms with van der Waals surface area (Å²) >= 11 is 3.90. The molecule has 92 valence electrons. The molecule has 2 fully saturated rings. The Morgan fingerprint density at radius 2 is 2.19 bits per heavy atom. The molecule has 2 N–H and O–H groups in total. The summed E-state index contributed by atoms with van der Waals surface area (Å²) in [5.74, 6) is 4.84. The third-order valence-electron chi connectivity index (χ3n) is 2.96. The van der Waals surface area contributed by atoms with Crippen LogP contribution in [0.15, 0.2) is 0 Å². The Kier molecular flexibility index (Phi) is 5.32. The summed E-state index contributed by atoms with van der Waals surface area (Å²) in [5.41, 5.74) is 0. The van der Waals surface area contributed by atoms with Crippen molar-refractivity contribution in [2.24, 2.45) is 0 Å². The lowest BCUT2D eigenvalue weighted by atomic mass is 10.1. The predicted octanol–water partition coefficient (Wildman–Crippen LogP) is 1.09. The smallest absolute Gasteiger partial charge is 0.221 e. The number of nitrogens with one attached hydrogen (secondary N) is 2. The zero-order chi connectivity index (χ0) is 11.2. The van der Waals surface area contributed by atoms with E-state index < -0.39 is 0 Å². The summed E-state index contributed by atoms with van der Waals surface area (Å²) in [4.78, 5) is 11.8. The topological polar surface area (TPSA) is 41.1 Å². The summed E-state index contributed by atoms with van der Waals surface area (Å²) in [5, 5.41) is 6.56. The standard InChI is InChI=1S/C11H20N2OS2/c14-11(6-10-8-16-5-3-12-10)13-9-2-1-4-15-7-9/h9-10,12H,1-8H2,(H,13,14). The maximum atomic E-state index is 11.8. The Bertz CT molecular complexity index is 204. The molecule has 0 aromatic carbocycles. The fourth-order valence-electron chi connectivity index (χ4n) is 2.12. The van der Waals surface area contributed by atoms with Crippen LogP contribution in [0.2, 0.25) is 0 Å². The molecule has 0 bridgehead atoms. The van der Waals surface area contributed by atoms with Gasteiger partial charge in [0.05, 0.1) is 0 Å². The van der Waals surface area contributed by atoms with Crippen molar-refractivity contribution >= 4 is 29.4 Å². The van der Waals surface area contributed by atoms with Crippen LogP contribution in [0.25, 0.3) is 0 Å². The van der Waals surface area contributed by atoms with Crippen LogP contribution in [0.5, 0.6) is 0 Å². The van der Waals surface area contributed by atoms with Crippen molar-refractivity contribution in [1.29, 1.82) is 0 Å². The molecule has 0 radical (unpaired) electrons. The highest BCUT2D eigenvalue weighted by Crippen LogP contribution is 2.17. The summed E-state index contributed by atoms with van der Waals surface area (Å²) in [6, 6.07) is 0.803. The fraction of sp³-hybridized carbons (Fsp3) is 0.909. The van der Waals surface area contributed by atoms with Crippen LogP contribution >= 0.6 is 23.5 Å². The molecule has 3 nitrogen and oxygen atoms in total. The van der Waals surface area contributed by atoms with Crippen molar-refractivity contribution in [3.8, 4) is 0 Å². The molecule has 0 aromatic rings. The Morgan fingerprint density at radius 3 is 2.88 bits per heavy atom. The van der Waals surface area contributed by atoms with Gasteiger partial charge in [-0.25, -0.2) is 0 Å². The average Bonchev–Trinajstić information content (AvgIpc) is 2.31. The van der Waals surface area contributed by atoms with Gasteiger partial charge < -0.3 is 10.6 Å². The number of rotatable bonds is 3. The molecule has 2 aliphatic heterocycles. The van der Waals surface area contributed by atoms with Crippen LogP contribution in [0, 0.1) is 0 Å². The van der Waals surface area contributed by atoms with Gasteiger partial charge >= 0.3 is 0 Å². The molecule has 16 heavy (non-hydrogen) atoms. The highest BCUT2D eigenvalue weighted by atomic mass is 32.2. The molecule has 2 rings (SSSR count). The third-order valence-corrected chi connectivity index (χ3v) is 5.30. The Hall–Kier alpha value is 0.130. The van der Waals surface area contributed by atoms with E-state index in [1.807, 2.05) is 23.5 Å². The van der Waals surface area contributed by atoms with Gasteiger partial charge in [-0.15, -0.1) is 0 Å². The summed E-state index contributed by atoms with van der Waals surface area (Å²) in [7, 11) is 0. The first-order valence-corrected chi connectivity index (χ1v) is 8.34. The van der Waals surface area contributed by atoms with Gasteiger partial charge in [-0.3, -0.25) is 4.79 Å². The molecule has 5 heteroatoms. The van der Waals surface area contributed by atoms with E-state index in [-0.39, 0.29) is 5.91 Å². The number of hydrogen-bond donors (Lipinski definition) is 2. The molecule has 2 unspecified atom stereocenters. The molecule has 2 heterocycles. The van der Waals surface area contributed by atoms with Gasteiger partial charge in [0.2, 0.25) is 5.91 Å². The quantitative estimate of drug-likeness (QED) is 0.797. The average molecular weight is 260 g/mol. The van der Waals surface area contributed by atoms with E-state index in [0.717, 1.165) is 24.5 Å². The van der Waals surface area contributed by atoms with E-state index in [2.05, 4.69) is 10.6 Å². The van der Waals surface area contributed by atoms with Crippen molar-refractivity contribution < 1.29 is 4.79 Å². The van der Waals surface area contributed by atoms with Crippen LogP contribution in [-0.4, -0.2) is 47.5 Å². The van der Waals surface area contributed by atoms with Crippen LogP contribution < -0.4 is 10.6 Å². The van der Waals surface area contributed by atoms with Gasteiger partial charge in [0.15, 0.2) is 0 Å². The normalized spacial score (nSPS) is 31.0. The number of thioether (sulfide) groups is 2. The summed E-state index contributed by atoms with van der Waals surface area (Å²) < 4.78 is 0. The van der Waals surface area contributed by atoms with Crippen molar-refractivity contribution in [2.45, 2.75) is 31.3 Å². The second-order valence-corrected chi connectivity index (χ2v) is 6.71. The summed E-state index contributed by atoms with van der Waals surface area (Å²) in [6.45, 7) is 1.04. The van der Waals surface area contributed by atoms with Gasteiger partial charge in [0.1, 0.15) is 0 Å². The largest absolute Gasteiger partial charge is 0.352 e. The number of carbonyl (C=O) groups is 1. The number of hydrogen-bond acceptors (Lipinski definition) is 4. The summed E-state index contributed by atoms with van der Waals surface area (Å²) in [6.07, 6.45) is 3.05. The van der Waals surface area contributed by atoms with Gasteiger partial charge in [-0.05, 0) is 18.6 Å². The van der Waals surface area contributed by atoms with E-state index in [1.54, 1.807) is 0 Å². The lowest BCUT2D eigenvalue weighted by molar-refractivity contribution is -0.122. The Morgan fingerprint density at radius 1 is 1.31 bits per heavy atom. The fourth-order valence-corrected chi connectivity index (χ4v) is 4.14. The minimum atomic E-state index is 0.229. The monoisotopic (exact) mass is 260 g/mol. The Balaban J connectivity index is 1.66. The van der Waals surface area contributed by atoms with Crippen LogP contribution in [0.1, 0.15) is 19.3 Å². The van der Waals surface area contributed by atoms with E-state index in [4.69, 9.17) is 0 Å². The van der Waals surface area contributed by atoms with Gasteiger partial charge in [0.25, 0.3) is 0 Å². The highest BCUT2D eigenvalue weighted by Gasteiger charge is 2.20. The molecule has 2 aliphatic rings. The van der Waals surface area contributed by atoms with Crippen molar-refractivity contribution in [3.05, 3.63) is 0 Å². The zero-order valence-electron chi connectivity index (χ0n) is 9.54. The van der Waals surface area contributed by atoms with Gasteiger partial charge in [-0.2, -0.15) is 23.5 Å². The number of carbonyl (C=O) groups excluding carboxylic acids is 1. The SMILES string of the molecule is O=C(CC1CSCCN1)NC1CCCSC1. The second-order valence-electron chi connectivity index (χ2n) is 4.41. The minimum absolute atomic E-state index is 0.229. The van der Waals surface area contributed by atoms with E-state index >= 15 is 0 Å². The van der Waals surface area contributed by atoms with Crippen LogP contribution in [0.4, 0.5) is 0 Å². The predicted molar refractivity (Wildman–Crippen MR) is 72.2 cm³/mol. The maximum absolute atomic E-state index is 11.8. The van der Waals surface area contributed by atoms with Gasteiger partial charge in [-0.1, -0.05) is 0 Å². The van der Waals surface area contributed by atoms with Gasteiger partial charge in [0, 0.05) is 42.3 Å². The second kappa shape index (κ2) is 6.77. The lowest BCUT2D eigenvalue weighted by Gasteiger charge is -2.26. The van der Waals surface area contributed by atoms with Crippen molar-refractivity contribution in [3.63, 3.8) is 0 Å². The molecule has 2 saturated heterocycles. The first-order valence-electron chi connectivity index (χ1n) is 6.03. The van der Waals surface area contributed by atoms with E-state index in [9.17, 15) is 4.79 Å². The molecule has 0 saturated carbocycles. The molecule has 1 amide bonds. The molecular weight excluding hydrogens is 240 g/mol. The number of amides is 1. The third kappa shape index (κ3) is 4.18. The Labute approximate surface area is 106 Å². The molecule has 2 atom stereocenters. The van der Waals surface area contributed by atoms with Crippen LogP contribution in [-0.2, 0) is 4.79 Å². The van der Waals surface area contributed by atoms with E-state index in [1.165, 1.54) is 17.9 Å². The maximum Gasteiger partial charge on any atom is 0.221 e. The minimum Gasteiger partial charge on any atom is -0.352 e. The van der Waals surface area contributed by atoms with Crippen molar-refractivity contribution in [1.82, 2.24) is 10.6 Å². The first kappa shape index (κ1) is 12.6. The zero-order valence-corrected chi connectivity index (χ0v) is 11.2.